The number of halogens is 11. The van der Waals surface area contributed by atoms with Crippen molar-refractivity contribution in [2.75, 3.05) is 18.0 Å². The molecule has 0 amide bonds. The molecule has 17 heteroatoms. The van der Waals surface area contributed by atoms with Crippen molar-refractivity contribution in [3.63, 3.8) is 0 Å². The summed E-state index contributed by atoms with van der Waals surface area (Å²) in [4.78, 5) is 3.45. The number of anilines is 1. The van der Waals surface area contributed by atoms with E-state index in [0.29, 0.717) is 12.1 Å². The molecule has 1 aliphatic rings. The first kappa shape index (κ1) is 32.4. The molecule has 236 valence electrons. The molecule has 2 heterocycles. The largest absolute Gasteiger partial charge is 0.416 e. The minimum Gasteiger partial charge on any atom is -0.330 e. The molecule has 1 unspecified atom stereocenters. The van der Waals surface area contributed by atoms with Crippen LogP contribution >= 0.6 is 0 Å². The maximum Gasteiger partial charge on any atom is 0.416 e. The van der Waals surface area contributed by atoms with Crippen LogP contribution in [0.4, 0.5) is 54.2 Å². The summed E-state index contributed by atoms with van der Waals surface area (Å²) in [5.41, 5.74) is -4.53. The van der Waals surface area contributed by atoms with Crippen LogP contribution in [-0.4, -0.2) is 44.1 Å². The minimum absolute atomic E-state index is 0.0359. The van der Waals surface area contributed by atoms with Crippen molar-refractivity contribution in [2.24, 2.45) is 7.05 Å². The van der Waals surface area contributed by atoms with Gasteiger partial charge in [-0.3, -0.25) is 4.90 Å². The Morgan fingerprint density at radius 2 is 1.47 bits per heavy atom. The molecule has 0 N–H and O–H groups in total. The fraction of sp³-hybridized carbons (Fsp3) is 0.500. The van der Waals surface area contributed by atoms with E-state index in [-0.39, 0.29) is 36.1 Å². The van der Waals surface area contributed by atoms with E-state index in [4.69, 9.17) is 0 Å². The van der Waals surface area contributed by atoms with Crippen LogP contribution in [0.1, 0.15) is 59.2 Å². The fourth-order valence-electron chi connectivity index (χ4n) is 5.08. The molecule has 2 aromatic carbocycles. The topological polar surface area (TPSA) is 50.1 Å². The molecule has 0 radical (unpaired) electrons. The zero-order chi connectivity index (χ0) is 32.0. The molecule has 0 bridgehead atoms. The Balaban J connectivity index is 1.82. The molecular weight excluding hydrogens is 605 g/mol. The average Bonchev–Trinajstić information content (AvgIpc) is 3.47. The van der Waals surface area contributed by atoms with Gasteiger partial charge in [-0.1, -0.05) is 18.1 Å². The smallest absolute Gasteiger partial charge is 0.330 e. The van der Waals surface area contributed by atoms with E-state index in [1.165, 1.54) is 11.9 Å². The number of hydrogen-bond acceptors (Lipinski definition) is 5. The van der Waals surface area contributed by atoms with E-state index in [2.05, 4.69) is 15.4 Å². The van der Waals surface area contributed by atoms with Gasteiger partial charge >= 0.3 is 18.5 Å². The van der Waals surface area contributed by atoms with E-state index in [9.17, 15) is 48.3 Å². The Morgan fingerprint density at radius 3 is 1.93 bits per heavy atom. The van der Waals surface area contributed by atoms with Gasteiger partial charge in [0.25, 0.3) is 11.9 Å². The zero-order valence-electron chi connectivity index (χ0n) is 22.6. The van der Waals surface area contributed by atoms with Gasteiger partial charge in [0.05, 0.1) is 30.3 Å². The lowest BCUT2D eigenvalue weighted by molar-refractivity contribution is -0.143. The van der Waals surface area contributed by atoms with E-state index >= 15 is 0 Å². The van der Waals surface area contributed by atoms with Gasteiger partial charge in [0, 0.05) is 32.1 Å². The standard InChI is InChI=1S/C26H25F11N6/c1-3-21(42-7-6-23(27,28)14-42)20-5-4-17(24(29,30)31)10-16(20)13-43(22-38-40-41(2)39-22)12-15-8-18(25(32,33)34)11-19(9-15)26(35,36)37/h4-5,8-11,21H,3,6-7,12-14H2,1-2H3. The summed E-state index contributed by atoms with van der Waals surface area (Å²) in [7, 11) is 1.33. The predicted molar refractivity (Wildman–Crippen MR) is 131 cm³/mol. The van der Waals surface area contributed by atoms with Crippen molar-refractivity contribution in [3.05, 3.63) is 69.8 Å². The lowest BCUT2D eigenvalue weighted by Crippen LogP contribution is -2.31. The van der Waals surface area contributed by atoms with Crippen molar-refractivity contribution in [1.29, 1.82) is 0 Å². The van der Waals surface area contributed by atoms with Gasteiger partial charge in [0.15, 0.2) is 0 Å². The van der Waals surface area contributed by atoms with Gasteiger partial charge < -0.3 is 4.90 Å². The molecule has 1 aliphatic heterocycles. The second kappa shape index (κ2) is 11.5. The first-order valence-corrected chi connectivity index (χ1v) is 12.9. The molecule has 0 aliphatic carbocycles. The predicted octanol–water partition coefficient (Wildman–Crippen LogP) is 7.27. The summed E-state index contributed by atoms with van der Waals surface area (Å²) >= 11 is 0. The number of hydrogen-bond donors (Lipinski definition) is 0. The quantitative estimate of drug-likeness (QED) is 0.245. The summed E-state index contributed by atoms with van der Waals surface area (Å²) in [6.45, 7) is -0.222. The number of benzene rings is 2. The third-order valence-corrected chi connectivity index (χ3v) is 7.02. The van der Waals surface area contributed by atoms with Crippen molar-refractivity contribution in [3.8, 4) is 0 Å². The SMILES string of the molecule is CCC(c1ccc(C(F)(F)F)cc1CN(Cc1cc(C(F)(F)F)cc(C(F)(F)F)c1)c1nnn(C)n1)N1CCC(F)(F)C1. The number of aromatic nitrogens is 4. The lowest BCUT2D eigenvalue weighted by atomic mass is 9.94. The summed E-state index contributed by atoms with van der Waals surface area (Å²) in [6, 6.07) is 2.91. The second-order valence-corrected chi connectivity index (χ2v) is 10.3. The molecular formula is C26H25F11N6. The Labute approximate surface area is 238 Å². The maximum absolute atomic E-state index is 14.1. The minimum atomic E-state index is -5.13. The number of aryl methyl sites for hydroxylation is 1. The van der Waals surface area contributed by atoms with Crippen molar-refractivity contribution < 1.29 is 48.3 Å². The number of alkyl halides is 11. The summed E-state index contributed by atoms with van der Waals surface area (Å²) in [6.07, 6.45) is -15.3. The molecule has 1 saturated heterocycles. The highest BCUT2D eigenvalue weighted by molar-refractivity contribution is 5.42. The van der Waals surface area contributed by atoms with Crippen LogP contribution in [0.15, 0.2) is 36.4 Å². The van der Waals surface area contributed by atoms with E-state index in [1.54, 1.807) is 6.92 Å². The van der Waals surface area contributed by atoms with Crippen molar-refractivity contribution in [2.45, 2.75) is 63.3 Å². The molecule has 4 rings (SSSR count). The van der Waals surface area contributed by atoms with Gasteiger partial charge in [-0.05, 0) is 58.7 Å². The number of rotatable bonds is 8. The van der Waals surface area contributed by atoms with E-state index in [1.807, 2.05) is 0 Å². The van der Waals surface area contributed by atoms with Crippen LogP contribution in [-0.2, 0) is 38.7 Å². The van der Waals surface area contributed by atoms with E-state index in [0.717, 1.165) is 27.9 Å². The summed E-state index contributed by atoms with van der Waals surface area (Å²) in [5, 5.41) is 11.3. The molecule has 43 heavy (non-hydrogen) atoms. The Kier molecular flexibility index (Phi) is 8.70. The van der Waals surface area contributed by atoms with Crippen LogP contribution in [0.5, 0.6) is 0 Å². The molecule has 0 saturated carbocycles. The van der Waals surface area contributed by atoms with Crippen molar-refractivity contribution in [1.82, 2.24) is 25.1 Å². The number of nitrogens with zero attached hydrogens (tertiary/aromatic N) is 6. The Morgan fingerprint density at radius 1 is 0.860 bits per heavy atom. The van der Waals surface area contributed by atoms with Gasteiger partial charge in [0.1, 0.15) is 0 Å². The average molecular weight is 631 g/mol. The highest BCUT2D eigenvalue weighted by atomic mass is 19.4. The van der Waals surface area contributed by atoms with Crippen LogP contribution in [0.25, 0.3) is 0 Å². The number of likely N-dealkylation sites (tertiary alicyclic amines) is 1. The van der Waals surface area contributed by atoms with E-state index < -0.39 is 78.8 Å². The summed E-state index contributed by atoms with van der Waals surface area (Å²) in [5.74, 6) is -3.30. The molecule has 1 aromatic heterocycles. The molecule has 1 atom stereocenters. The Bertz CT molecular complexity index is 1400. The lowest BCUT2D eigenvalue weighted by Gasteiger charge is -2.31. The van der Waals surface area contributed by atoms with Gasteiger partial charge in [-0.2, -0.15) is 44.3 Å². The van der Waals surface area contributed by atoms with Gasteiger partial charge in [-0.25, -0.2) is 8.78 Å². The van der Waals surface area contributed by atoms with Crippen molar-refractivity contribution >= 4 is 5.95 Å². The second-order valence-electron chi connectivity index (χ2n) is 10.3. The molecule has 1 fully saturated rings. The normalized spacial score (nSPS) is 17.0. The van der Waals surface area contributed by atoms with Crippen LogP contribution < -0.4 is 4.90 Å². The molecule has 0 spiro atoms. The van der Waals surface area contributed by atoms with Gasteiger partial charge in [-0.15, -0.1) is 5.10 Å². The number of tetrazole rings is 1. The summed E-state index contributed by atoms with van der Waals surface area (Å²) < 4.78 is 150. The zero-order valence-corrected chi connectivity index (χ0v) is 22.6. The highest BCUT2D eigenvalue weighted by Crippen LogP contribution is 2.40. The van der Waals surface area contributed by atoms with Crippen LogP contribution in [0, 0.1) is 0 Å². The first-order valence-electron chi connectivity index (χ1n) is 12.9. The molecule has 6 nitrogen and oxygen atoms in total. The first-order chi connectivity index (χ1) is 19.8. The third-order valence-electron chi connectivity index (χ3n) is 7.02. The van der Waals surface area contributed by atoms with Crippen LogP contribution in [0.2, 0.25) is 0 Å². The maximum atomic E-state index is 14.1. The molecule has 3 aromatic rings. The highest BCUT2D eigenvalue weighted by Gasteiger charge is 2.42. The van der Waals surface area contributed by atoms with Gasteiger partial charge in [0.2, 0.25) is 0 Å². The third kappa shape index (κ3) is 7.72. The van der Waals surface area contributed by atoms with Crippen LogP contribution in [0.3, 0.4) is 0 Å². The monoisotopic (exact) mass is 630 g/mol. The fourth-order valence-corrected chi connectivity index (χ4v) is 5.08. The Hall–Kier alpha value is -3.50.